The topological polar surface area (TPSA) is 37.9 Å². The number of nitrogens with zero attached hydrogens (tertiary/aromatic N) is 1. The number of rotatable bonds is 3. The third-order valence-electron chi connectivity index (χ3n) is 2.75. The molecule has 0 radical (unpaired) electrons. The van der Waals surface area contributed by atoms with Crippen LogP contribution in [-0.2, 0) is 6.18 Å². The predicted molar refractivity (Wildman–Crippen MR) is 70.3 cm³/mol. The third kappa shape index (κ3) is 2.84. The molecule has 1 heterocycles. The number of nitrogens with one attached hydrogen (secondary N) is 1. The molecule has 6 heteroatoms. The molecular weight excluding hydrogens is 269 g/mol. The molecule has 0 saturated carbocycles. The summed E-state index contributed by atoms with van der Waals surface area (Å²) in [7, 11) is 1.54. The highest BCUT2D eigenvalue weighted by atomic mass is 19.4. The second-order valence-electron chi connectivity index (χ2n) is 4.12. The fourth-order valence-corrected chi connectivity index (χ4v) is 1.82. The lowest BCUT2D eigenvalue weighted by Gasteiger charge is -2.06. The summed E-state index contributed by atoms with van der Waals surface area (Å²) in [6, 6.07) is 6.09. The SMILES string of the molecule is C/C=C/c1cc(-c2cc(C(F)(F)F)[nH]n2)ccc1OC. The highest BCUT2D eigenvalue weighted by molar-refractivity contribution is 5.68. The summed E-state index contributed by atoms with van der Waals surface area (Å²) in [6.07, 6.45) is -0.781. The molecule has 0 unspecified atom stereocenters. The molecule has 0 saturated heterocycles. The van der Waals surface area contributed by atoms with Gasteiger partial charge in [-0.3, -0.25) is 5.10 Å². The van der Waals surface area contributed by atoms with Gasteiger partial charge in [-0.1, -0.05) is 12.2 Å². The predicted octanol–water partition coefficient (Wildman–Crippen LogP) is 4.14. The Morgan fingerprint density at radius 3 is 2.55 bits per heavy atom. The summed E-state index contributed by atoms with van der Waals surface area (Å²) in [6.45, 7) is 1.85. The molecule has 3 nitrogen and oxygen atoms in total. The van der Waals surface area contributed by atoms with Crippen LogP contribution in [0.15, 0.2) is 30.3 Å². The van der Waals surface area contributed by atoms with Gasteiger partial charge in [0.2, 0.25) is 0 Å². The minimum absolute atomic E-state index is 0.241. The number of hydrogen-bond donors (Lipinski definition) is 1. The van der Waals surface area contributed by atoms with Gasteiger partial charge in [0, 0.05) is 11.1 Å². The number of allylic oxidation sites excluding steroid dienone is 1. The number of aromatic amines is 1. The fourth-order valence-electron chi connectivity index (χ4n) is 1.82. The summed E-state index contributed by atoms with van der Waals surface area (Å²) in [5, 5.41) is 5.70. The van der Waals surface area contributed by atoms with Crippen molar-refractivity contribution >= 4 is 6.08 Å². The molecular formula is C14H13F3N2O. The van der Waals surface area contributed by atoms with Crippen molar-refractivity contribution in [2.75, 3.05) is 7.11 Å². The van der Waals surface area contributed by atoms with Crippen LogP contribution >= 0.6 is 0 Å². The Morgan fingerprint density at radius 1 is 1.25 bits per heavy atom. The first-order valence-electron chi connectivity index (χ1n) is 5.89. The van der Waals surface area contributed by atoms with Crippen molar-refractivity contribution in [3.63, 3.8) is 0 Å². The van der Waals surface area contributed by atoms with Crippen LogP contribution in [0.4, 0.5) is 13.2 Å². The summed E-state index contributed by atoms with van der Waals surface area (Å²) >= 11 is 0. The third-order valence-corrected chi connectivity index (χ3v) is 2.75. The number of halogens is 3. The molecule has 1 N–H and O–H groups in total. The molecule has 0 spiro atoms. The van der Waals surface area contributed by atoms with E-state index >= 15 is 0 Å². The lowest BCUT2D eigenvalue weighted by Crippen LogP contribution is -2.04. The van der Waals surface area contributed by atoms with Gasteiger partial charge in [0.15, 0.2) is 0 Å². The van der Waals surface area contributed by atoms with E-state index in [2.05, 4.69) is 5.10 Å². The van der Waals surface area contributed by atoms with Gasteiger partial charge in [0.05, 0.1) is 12.8 Å². The Balaban J connectivity index is 2.43. The molecule has 0 atom stereocenters. The van der Waals surface area contributed by atoms with Gasteiger partial charge in [-0.15, -0.1) is 0 Å². The number of aromatic nitrogens is 2. The van der Waals surface area contributed by atoms with E-state index < -0.39 is 11.9 Å². The van der Waals surface area contributed by atoms with Crippen molar-refractivity contribution in [3.05, 3.63) is 41.6 Å². The normalized spacial score (nSPS) is 12.1. The van der Waals surface area contributed by atoms with Gasteiger partial charge in [-0.2, -0.15) is 18.3 Å². The Bertz CT molecular complexity index is 630. The van der Waals surface area contributed by atoms with E-state index in [0.717, 1.165) is 11.6 Å². The van der Waals surface area contributed by atoms with E-state index in [4.69, 9.17) is 4.74 Å². The molecule has 20 heavy (non-hydrogen) atoms. The zero-order valence-corrected chi connectivity index (χ0v) is 11.0. The number of H-pyrrole nitrogens is 1. The van der Waals surface area contributed by atoms with Crippen LogP contribution in [0, 0.1) is 0 Å². The molecule has 0 bridgehead atoms. The molecule has 0 aliphatic heterocycles. The highest BCUT2D eigenvalue weighted by Crippen LogP contribution is 2.32. The van der Waals surface area contributed by atoms with Gasteiger partial charge in [0.1, 0.15) is 11.4 Å². The number of methoxy groups -OCH3 is 1. The van der Waals surface area contributed by atoms with Crippen LogP contribution in [0.1, 0.15) is 18.2 Å². The monoisotopic (exact) mass is 282 g/mol. The van der Waals surface area contributed by atoms with Crippen LogP contribution in [-0.4, -0.2) is 17.3 Å². The molecule has 2 rings (SSSR count). The van der Waals surface area contributed by atoms with Crippen molar-refractivity contribution in [1.29, 1.82) is 0 Å². The Labute approximate surface area is 114 Å². The van der Waals surface area contributed by atoms with Crippen LogP contribution in [0.5, 0.6) is 5.75 Å². The average Bonchev–Trinajstić information content (AvgIpc) is 2.88. The minimum atomic E-state index is -4.43. The van der Waals surface area contributed by atoms with Gasteiger partial charge >= 0.3 is 6.18 Å². The second kappa shape index (κ2) is 5.40. The Hall–Kier alpha value is -2.24. The molecule has 0 amide bonds. The first kappa shape index (κ1) is 14.2. The standard InChI is InChI=1S/C14H13F3N2O/c1-3-4-10-7-9(5-6-12(10)20-2)11-8-13(19-18-11)14(15,16)17/h3-8H,1-2H3,(H,18,19)/b4-3+. The fraction of sp³-hybridized carbons (Fsp3) is 0.214. The quantitative estimate of drug-likeness (QED) is 0.918. The van der Waals surface area contributed by atoms with Gasteiger partial charge in [-0.05, 0) is 31.2 Å². The smallest absolute Gasteiger partial charge is 0.432 e. The van der Waals surface area contributed by atoms with Crippen LogP contribution in [0.3, 0.4) is 0 Å². The maximum absolute atomic E-state index is 12.5. The van der Waals surface area contributed by atoms with Crippen molar-refractivity contribution in [1.82, 2.24) is 10.2 Å². The lowest BCUT2D eigenvalue weighted by molar-refractivity contribution is -0.141. The summed E-state index contributed by atoms with van der Waals surface area (Å²) in [4.78, 5) is 0. The molecule has 2 aromatic rings. The molecule has 1 aromatic carbocycles. The molecule has 1 aromatic heterocycles. The first-order valence-corrected chi connectivity index (χ1v) is 5.89. The van der Waals surface area contributed by atoms with Crippen LogP contribution in [0.25, 0.3) is 17.3 Å². The molecule has 0 fully saturated rings. The van der Waals surface area contributed by atoms with E-state index in [1.54, 1.807) is 18.2 Å². The van der Waals surface area contributed by atoms with Gasteiger partial charge < -0.3 is 4.74 Å². The second-order valence-corrected chi connectivity index (χ2v) is 4.12. The minimum Gasteiger partial charge on any atom is -0.496 e. The molecule has 0 aliphatic rings. The molecule has 0 aliphatic carbocycles. The summed E-state index contributed by atoms with van der Waals surface area (Å²) in [5.74, 6) is 0.651. The maximum Gasteiger partial charge on any atom is 0.432 e. The first-order chi connectivity index (χ1) is 9.45. The number of benzene rings is 1. The number of ether oxygens (including phenoxy) is 1. The zero-order chi connectivity index (χ0) is 14.8. The van der Waals surface area contributed by atoms with Crippen LogP contribution in [0.2, 0.25) is 0 Å². The van der Waals surface area contributed by atoms with Crippen molar-refractivity contribution in [2.24, 2.45) is 0 Å². The van der Waals surface area contributed by atoms with Crippen molar-refractivity contribution in [3.8, 4) is 17.0 Å². The van der Waals surface area contributed by atoms with E-state index in [0.29, 0.717) is 11.3 Å². The number of alkyl halides is 3. The Morgan fingerprint density at radius 2 is 2.00 bits per heavy atom. The lowest BCUT2D eigenvalue weighted by atomic mass is 10.1. The van der Waals surface area contributed by atoms with E-state index in [9.17, 15) is 13.2 Å². The van der Waals surface area contributed by atoms with E-state index in [1.165, 1.54) is 7.11 Å². The summed E-state index contributed by atoms with van der Waals surface area (Å²) < 4.78 is 42.8. The average molecular weight is 282 g/mol. The largest absolute Gasteiger partial charge is 0.496 e. The van der Waals surface area contributed by atoms with Gasteiger partial charge in [-0.25, -0.2) is 0 Å². The number of hydrogen-bond acceptors (Lipinski definition) is 2. The van der Waals surface area contributed by atoms with Gasteiger partial charge in [0.25, 0.3) is 0 Å². The zero-order valence-electron chi connectivity index (χ0n) is 11.0. The van der Waals surface area contributed by atoms with Crippen molar-refractivity contribution < 1.29 is 17.9 Å². The Kier molecular flexibility index (Phi) is 3.83. The summed E-state index contributed by atoms with van der Waals surface area (Å²) in [5.41, 5.74) is 0.747. The maximum atomic E-state index is 12.5. The highest BCUT2D eigenvalue weighted by Gasteiger charge is 2.33. The van der Waals surface area contributed by atoms with Crippen LogP contribution < -0.4 is 4.74 Å². The van der Waals surface area contributed by atoms with E-state index in [-0.39, 0.29) is 5.69 Å². The van der Waals surface area contributed by atoms with E-state index in [1.807, 2.05) is 24.2 Å². The van der Waals surface area contributed by atoms with Crippen molar-refractivity contribution in [2.45, 2.75) is 13.1 Å². The molecule has 106 valence electrons.